The highest BCUT2D eigenvalue weighted by molar-refractivity contribution is 5.04. The Kier molecular flexibility index (Phi) is 6.68. The van der Waals surface area contributed by atoms with Crippen LogP contribution in [0.3, 0.4) is 0 Å². The molecule has 13 heavy (non-hydrogen) atoms. The summed E-state index contributed by atoms with van der Waals surface area (Å²) in [5.74, 6) is 5.89. The van der Waals surface area contributed by atoms with Crippen LogP contribution in [0.2, 0.25) is 0 Å². The molecule has 0 aliphatic heterocycles. The minimum Gasteiger partial charge on any atom is -0.106 e. The summed E-state index contributed by atoms with van der Waals surface area (Å²) < 4.78 is 0. The van der Waals surface area contributed by atoms with E-state index in [-0.39, 0.29) is 5.41 Å². The molecule has 0 aromatic carbocycles. The number of hydrogen-bond donors (Lipinski definition) is 0. The van der Waals surface area contributed by atoms with Crippen LogP contribution in [0.15, 0.2) is 12.7 Å². The first kappa shape index (κ1) is 14.8. The molecule has 0 nitrogen and oxygen atoms in total. The van der Waals surface area contributed by atoms with Crippen LogP contribution in [0.5, 0.6) is 0 Å². The number of allylic oxidation sites excluding steroid dienone is 1. The molecule has 0 aromatic heterocycles. The first-order valence-corrected chi connectivity index (χ1v) is 4.70. The molecule has 0 bridgehead atoms. The average molecular weight is 180 g/mol. The largest absolute Gasteiger partial charge is 0.106 e. The van der Waals surface area contributed by atoms with Gasteiger partial charge in [0.2, 0.25) is 0 Å². The maximum absolute atomic E-state index is 3.63. The van der Waals surface area contributed by atoms with Crippen LogP contribution in [-0.2, 0) is 0 Å². The lowest BCUT2D eigenvalue weighted by Crippen LogP contribution is -1.98. The van der Waals surface area contributed by atoms with E-state index >= 15 is 0 Å². The monoisotopic (exact) mass is 180 g/mol. The molecule has 0 heteroatoms. The van der Waals surface area contributed by atoms with Crippen molar-refractivity contribution >= 4 is 0 Å². The highest BCUT2D eigenvalue weighted by atomic mass is 14.1. The van der Waals surface area contributed by atoms with E-state index in [2.05, 4.69) is 60.0 Å². The van der Waals surface area contributed by atoms with Crippen LogP contribution in [0.1, 0.15) is 48.5 Å². The molecule has 0 rings (SSSR count). The van der Waals surface area contributed by atoms with Gasteiger partial charge in [0.15, 0.2) is 0 Å². The summed E-state index contributed by atoms with van der Waals surface area (Å²) in [6, 6.07) is 0. The van der Waals surface area contributed by atoms with E-state index in [1.54, 1.807) is 0 Å². The number of rotatable bonds is 0. The van der Waals surface area contributed by atoms with Gasteiger partial charge in [0.1, 0.15) is 0 Å². The molecule has 0 radical (unpaired) electrons. The molecule has 0 aliphatic carbocycles. The van der Waals surface area contributed by atoms with Crippen LogP contribution in [-0.4, -0.2) is 0 Å². The fourth-order valence-electron chi connectivity index (χ4n) is 0.375. The summed E-state index contributed by atoms with van der Waals surface area (Å²) in [5, 5.41) is 0. The van der Waals surface area contributed by atoms with Crippen LogP contribution in [0, 0.1) is 22.7 Å². The minimum atomic E-state index is 0.189. The van der Waals surface area contributed by atoms with Crippen molar-refractivity contribution in [2.45, 2.75) is 48.5 Å². The smallest absolute Gasteiger partial charge is 0.0230 e. The normalized spacial score (nSPS) is 10.4. The first-order chi connectivity index (χ1) is 5.62. The molecule has 0 fully saturated rings. The lowest BCUT2D eigenvalue weighted by molar-refractivity contribution is 0.546. The van der Waals surface area contributed by atoms with Gasteiger partial charge in [-0.1, -0.05) is 32.8 Å². The lowest BCUT2D eigenvalue weighted by Gasteiger charge is -2.08. The van der Waals surface area contributed by atoms with Crippen molar-refractivity contribution in [2.24, 2.45) is 10.8 Å². The van der Waals surface area contributed by atoms with Gasteiger partial charge in [-0.3, -0.25) is 0 Å². The van der Waals surface area contributed by atoms with Crippen molar-refractivity contribution in [1.29, 1.82) is 0 Å². The summed E-state index contributed by atoms with van der Waals surface area (Å²) in [7, 11) is 0. The SMILES string of the molecule is C=CC(C)(C)C.CC#CC(C)(C)C. The van der Waals surface area contributed by atoms with Gasteiger partial charge in [-0.2, -0.15) is 0 Å². The molecule has 0 spiro atoms. The fraction of sp³-hybridized carbons (Fsp3) is 0.692. The fourth-order valence-corrected chi connectivity index (χ4v) is 0.375. The van der Waals surface area contributed by atoms with E-state index < -0.39 is 0 Å². The molecule has 0 aromatic rings. The Hall–Kier alpha value is -0.700. The molecule has 0 saturated carbocycles. The van der Waals surface area contributed by atoms with Gasteiger partial charge >= 0.3 is 0 Å². The van der Waals surface area contributed by atoms with Crippen molar-refractivity contribution in [1.82, 2.24) is 0 Å². The van der Waals surface area contributed by atoms with Crippen molar-refractivity contribution < 1.29 is 0 Å². The lowest BCUT2D eigenvalue weighted by atomic mass is 9.98. The molecular formula is C13H24. The quantitative estimate of drug-likeness (QED) is 0.385. The molecule has 76 valence electrons. The van der Waals surface area contributed by atoms with Crippen LogP contribution in [0.25, 0.3) is 0 Å². The minimum absolute atomic E-state index is 0.189. The van der Waals surface area contributed by atoms with E-state index in [0.717, 1.165) is 0 Å². The standard InChI is InChI=1S/C7H12.C6H12/c1-5-6-7(2,3)4;1-5-6(2,3)4/h1-4H3;5H,1H2,2-4H3. The Morgan fingerprint density at radius 2 is 1.31 bits per heavy atom. The second kappa shape index (κ2) is 5.86. The molecule has 0 amide bonds. The Bertz CT molecular complexity index is 185. The zero-order valence-electron chi connectivity index (χ0n) is 10.3. The Morgan fingerprint density at radius 3 is 1.31 bits per heavy atom. The number of hydrogen-bond acceptors (Lipinski definition) is 0. The van der Waals surface area contributed by atoms with E-state index in [1.807, 2.05) is 13.0 Å². The maximum atomic E-state index is 3.63. The van der Waals surface area contributed by atoms with Crippen molar-refractivity contribution in [3.8, 4) is 11.8 Å². The highest BCUT2D eigenvalue weighted by Crippen LogP contribution is 2.12. The summed E-state index contributed by atoms with van der Waals surface area (Å²) in [6.07, 6.45) is 1.94. The zero-order valence-corrected chi connectivity index (χ0v) is 10.3. The Balaban J connectivity index is 0. The Labute approximate surface area is 84.4 Å². The molecule has 0 saturated heterocycles. The third-order valence-electron chi connectivity index (χ3n) is 1.11. The third-order valence-corrected chi connectivity index (χ3v) is 1.11. The van der Waals surface area contributed by atoms with E-state index in [1.165, 1.54) is 0 Å². The van der Waals surface area contributed by atoms with Crippen molar-refractivity contribution in [3.63, 3.8) is 0 Å². The van der Waals surface area contributed by atoms with Crippen LogP contribution in [0.4, 0.5) is 0 Å². The molecule has 0 unspecified atom stereocenters. The van der Waals surface area contributed by atoms with Crippen LogP contribution >= 0.6 is 0 Å². The van der Waals surface area contributed by atoms with Gasteiger partial charge in [-0.25, -0.2) is 0 Å². The van der Waals surface area contributed by atoms with Gasteiger partial charge < -0.3 is 0 Å². The van der Waals surface area contributed by atoms with E-state index in [0.29, 0.717) is 5.41 Å². The third kappa shape index (κ3) is 24.6. The summed E-state index contributed by atoms with van der Waals surface area (Å²) in [6.45, 7) is 18.2. The second-order valence-electron chi connectivity index (χ2n) is 5.20. The molecule has 0 aliphatic rings. The van der Waals surface area contributed by atoms with Gasteiger partial charge in [-0.15, -0.1) is 12.5 Å². The zero-order chi connectivity index (χ0) is 11.1. The second-order valence-corrected chi connectivity index (χ2v) is 5.20. The topological polar surface area (TPSA) is 0 Å². The predicted molar refractivity (Wildman–Crippen MR) is 62.6 cm³/mol. The van der Waals surface area contributed by atoms with E-state index in [9.17, 15) is 0 Å². The summed E-state index contributed by atoms with van der Waals surface area (Å²) in [5.41, 5.74) is 0.495. The van der Waals surface area contributed by atoms with E-state index in [4.69, 9.17) is 0 Å². The highest BCUT2D eigenvalue weighted by Gasteiger charge is 2.01. The van der Waals surface area contributed by atoms with Gasteiger partial charge in [0, 0.05) is 5.41 Å². The molecule has 0 atom stereocenters. The first-order valence-electron chi connectivity index (χ1n) is 4.70. The van der Waals surface area contributed by atoms with Crippen molar-refractivity contribution in [3.05, 3.63) is 12.7 Å². The van der Waals surface area contributed by atoms with Gasteiger partial charge in [0.05, 0.1) is 0 Å². The molecule has 0 heterocycles. The molecular weight excluding hydrogens is 156 g/mol. The van der Waals surface area contributed by atoms with Gasteiger partial charge in [0.25, 0.3) is 0 Å². The average Bonchev–Trinajstić information content (AvgIpc) is 1.84. The maximum Gasteiger partial charge on any atom is 0.0230 e. The summed E-state index contributed by atoms with van der Waals surface area (Å²) in [4.78, 5) is 0. The van der Waals surface area contributed by atoms with Crippen LogP contribution < -0.4 is 0 Å². The predicted octanol–water partition coefficient (Wildman–Crippen LogP) is 4.27. The molecule has 0 N–H and O–H groups in total. The summed E-state index contributed by atoms with van der Waals surface area (Å²) >= 11 is 0. The van der Waals surface area contributed by atoms with Crippen molar-refractivity contribution in [2.75, 3.05) is 0 Å². The van der Waals surface area contributed by atoms with Gasteiger partial charge in [-0.05, 0) is 33.1 Å². The Morgan fingerprint density at radius 1 is 1.00 bits per heavy atom.